The van der Waals surface area contributed by atoms with Crippen molar-refractivity contribution in [1.29, 1.82) is 0 Å². The number of aliphatic carboxylic acids is 1. The summed E-state index contributed by atoms with van der Waals surface area (Å²) < 4.78 is 1.39. The maximum Gasteiger partial charge on any atom is 0.320 e. The van der Waals surface area contributed by atoms with Gasteiger partial charge in [-0.25, -0.2) is 4.98 Å². The maximum atomic E-state index is 11.9. The molecule has 0 bridgehead atoms. The third-order valence-corrected chi connectivity index (χ3v) is 4.06. The molecule has 21 heavy (non-hydrogen) atoms. The van der Waals surface area contributed by atoms with Gasteiger partial charge in [-0.3, -0.25) is 14.0 Å². The summed E-state index contributed by atoms with van der Waals surface area (Å²) in [6, 6.07) is 3.95. The number of rotatable bonds is 6. The van der Waals surface area contributed by atoms with Crippen molar-refractivity contribution in [3.63, 3.8) is 0 Å². The first-order valence-corrected chi connectivity index (χ1v) is 7.74. The van der Waals surface area contributed by atoms with Crippen LogP contribution < -0.4 is 11.3 Å². The van der Waals surface area contributed by atoms with Crippen molar-refractivity contribution in [3.05, 3.63) is 45.5 Å². The van der Waals surface area contributed by atoms with Crippen LogP contribution in [0.1, 0.15) is 12.1 Å². The van der Waals surface area contributed by atoms with E-state index in [1.54, 1.807) is 12.1 Å². The minimum atomic E-state index is -1.01. The second-order valence-electron chi connectivity index (χ2n) is 4.45. The molecule has 0 aliphatic heterocycles. The van der Waals surface area contributed by atoms with Crippen molar-refractivity contribution in [2.45, 2.75) is 18.2 Å². The number of hydrogen-bond acceptors (Lipinski definition) is 5. The van der Waals surface area contributed by atoms with E-state index in [-0.39, 0.29) is 5.56 Å². The zero-order valence-corrected chi connectivity index (χ0v) is 12.6. The molecular weight excluding hydrogens is 314 g/mol. The van der Waals surface area contributed by atoms with Crippen LogP contribution >= 0.6 is 23.4 Å². The van der Waals surface area contributed by atoms with Crippen molar-refractivity contribution in [2.24, 2.45) is 5.73 Å². The molecule has 8 heteroatoms. The first-order chi connectivity index (χ1) is 9.97. The number of carboxylic acids is 1. The predicted molar refractivity (Wildman–Crippen MR) is 82.9 cm³/mol. The first-order valence-electron chi connectivity index (χ1n) is 6.21. The fraction of sp³-hybridized carbons (Fsp3) is 0.308. The van der Waals surface area contributed by atoms with E-state index in [9.17, 15) is 9.59 Å². The fourth-order valence-electron chi connectivity index (χ4n) is 1.71. The molecule has 2 heterocycles. The molecule has 6 nitrogen and oxygen atoms in total. The first kappa shape index (κ1) is 15.8. The van der Waals surface area contributed by atoms with Gasteiger partial charge in [-0.15, -0.1) is 0 Å². The number of aromatic nitrogens is 2. The molecule has 0 aromatic carbocycles. The van der Waals surface area contributed by atoms with Gasteiger partial charge in [0.2, 0.25) is 0 Å². The number of carboxylic acid groups (broad SMARTS) is 1. The van der Waals surface area contributed by atoms with Crippen LogP contribution in [-0.2, 0) is 10.5 Å². The highest BCUT2D eigenvalue weighted by Crippen LogP contribution is 2.13. The van der Waals surface area contributed by atoms with Crippen LogP contribution in [0, 0.1) is 0 Å². The Kier molecular flexibility index (Phi) is 5.22. The van der Waals surface area contributed by atoms with E-state index in [0.29, 0.717) is 34.3 Å². The lowest BCUT2D eigenvalue weighted by Crippen LogP contribution is -2.30. The number of carbonyl (C=O) groups is 1. The summed E-state index contributed by atoms with van der Waals surface area (Å²) in [5.74, 6) is 0.116. The summed E-state index contributed by atoms with van der Waals surface area (Å²) in [6.07, 6.45) is 1.90. The third-order valence-electron chi connectivity index (χ3n) is 2.82. The van der Waals surface area contributed by atoms with E-state index >= 15 is 0 Å². The Morgan fingerprint density at radius 1 is 1.52 bits per heavy atom. The van der Waals surface area contributed by atoms with Crippen molar-refractivity contribution in [2.75, 3.05) is 5.75 Å². The van der Waals surface area contributed by atoms with E-state index in [0.717, 1.165) is 0 Å². The summed E-state index contributed by atoms with van der Waals surface area (Å²) in [5.41, 5.74) is 6.40. The normalized spacial score (nSPS) is 12.5. The van der Waals surface area contributed by atoms with Crippen LogP contribution in [0.5, 0.6) is 0 Å². The molecule has 2 aromatic heterocycles. The van der Waals surface area contributed by atoms with Crippen molar-refractivity contribution in [1.82, 2.24) is 9.38 Å². The summed E-state index contributed by atoms with van der Waals surface area (Å²) in [4.78, 5) is 26.9. The third kappa shape index (κ3) is 4.20. The molecular formula is C13H14ClN3O3S. The standard InChI is InChI=1S/C13H14ClN3O3S/c14-8-1-2-11-16-9(5-12(18)17(11)6-8)7-21-4-3-10(15)13(19)20/h1-2,5-6,10H,3-4,7,15H2,(H,19,20). The zero-order chi connectivity index (χ0) is 15.4. The largest absolute Gasteiger partial charge is 0.480 e. The van der Waals surface area contributed by atoms with Gasteiger partial charge >= 0.3 is 5.97 Å². The Bertz CT molecular complexity index is 719. The van der Waals surface area contributed by atoms with Gasteiger partial charge in [0.1, 0.15) is 11.7 Å². The highest BCUT2D eigenvalue weighted by molar-refractivity contribution is 7.98. The summed E-state index contributed by atoms with van der Waals surface area (Å²) in [6.45, 7) is 0. The number of nitrogens with zero attached hydrogens (tertiary/aromatic N) is 2. The highest BCUT2D eigenvalue weighted by Gasteiger charge is 2.10. The van der Waals surface area contributed by atoms with Crippen molar-refractivity contribution < 1.29 is 9.90 Å². The fourth-order valence-corrected chi connectivity index (χ4v) is 2.79. The summed E-state index contributed by atoms with van der Waals surface area (Å²) in [7, 11) is 0. The van der Waals surface area contributed by atoms with Gasteiger partial charge in [0.15, 0.2) is 0 Å². The molecule has 0 radical (unpaired) electrons. The molecule has 0 spiro atoms. The average molecular weight is 328 g/mol. The van der Waals surface area contributed by atoms with Crippen LogP contribution in [0.4, 0.5) is 0 Å². The van der Waals surface area contributed by atoms with E-state index < -0.39 is 12.0 Å². The van der Waals surface area contributed by atoms with E-state index in [4.69, 9.17) is 22.4 Å². The van der Waals surface area contributed by atoms with Gasteiger partial charge < -0.3 is 10.8 Å². The molecule has 3 N–H and O–H groups in total. The van der Waals surface area contributed by atoms with Crippen molar-refractivity contribution in [3.8, 4) is 0 Å². The number of halogens is 1. The number of pyridine rings is 1. The Morgan fingerprint density at radius 2 is 2.29 bits per heavy atom. The second-order valence-corrected chi connectivity index (χ2v) is 5.99. The van der Waals surface area contributed by atoms with E-state index in [2.05, 4.69) is 4.98 Å². The number of thioether (sulfide) groups is 1. The highest BCUT2D eigenvalue weighted by atomic mass is 35.5. The Balaban J connectivity index is 2.02. The second kappa shape index (κ2) is 6.93. The lowest BCUT2D eigenvalue weighted by Gasteiger charge is -2.06. The van der Waals surface area contributed by atoms with Gasteiger partial charge in [0, 0.05) is 18.0 Å². The maximum absolute atomic E-state index is 11.9. The molecule has 2 aromatic rings. The van der Waals surface area contributed by atoms with Gasteiger partial charge in [0.25, 0.3) is 5.56 Å². The zero-order valence-electron chi connectivity index (χ0n) is 11.0. The van der Waals surface area contributed by atoms with E-state index in [1.165, 1.54) is 28.4 Å². The molecule has 0 aliphatic carbocycles. The molecule has 1 atom stereocenters. The molecule has 0 fully saturated rings. The van der Waals surface area contributed by atoms with Crippen LogP contribution in [0.3, 0.4) is 0 Å². The predicted octanol–water partition coefficient (Wildman–Crippen LogP) is 1.38. The van der Waals surface area contributed by atoms with Gasteiger partial charge in [-0.1, -0.05) is 11.6 Å². The molecule has 0 saturated heterocycles. The average Bonchev–Trinajstić information content (AvgIpc) is 2.44. The van der Waals surface area contributed by atoms with Gasteiger partial charge in [-0.2, -0.15) is 11.8 Å². The summed E-state index contributed by atoms with van der Waals surface area (Å²) >= 11 is 7.33. The Labute approximate surface area is 129 Å². The Hall–Kier alpha value is -1.57. The lowest BCUT2D eigenvalue weighted by molar-refractivity contribution is -0.138. The minimum absolute atomic E-state index is 0.194. The van der Waals surface area contributed by atoms with Gasteiger partial charge in [-0.05, 0) is 24.3 Å². The molecule has 112 valence electrons. The number of hydrogen-bond donors (Lipinski definition) is 2. The quantitative estimate of drug-likeness (QED) is 0.778. The SMILES string of the molecule is NC(CCSCc1cc(=O)n2cc(Cl)ccc2n1)C(=O)O. The van der Waals surface area contributed by atoms with Crippen LogP contribution in [0.25, 0.3) is 5.65 Å². The summed E-state index contributed by atoms with van der Waals surface area (Å²) in [5, 5.41) is 9.14. The number of nitrogens with two attached hydrogens (primary N) is 1. The smallest absolute Gasteiger partial charge is 0.320 e. The Morgan fingerprint density at radius 3 is 3.00 bits per heavy atom. The van der Waals surface area contributed by atoms with Crippen molar-refractivity contribution >= 4 is 35.0 Å². The van der Waals surface area contributed by atoms with Crippen LogP contribution in [0.2, 0.25) is 5.02 Å². The van der Waals surface area contributed by atoms with Crippen LogP contribution in [0.15, 0.2) is 29.2 Å². The number of fused-ring (bicyclic) bond motifs is 1. The van der Waals surface area contributed by atoms with Gasteiger partial charge in [0.05, 0.1) is 10.7 Å². The van der Waals surface area contributed by atoms with Crippen LogP contribution in [-0.4, -0.2) is 32.3 Å². The van der Waals surface area contributed by atoms with E-state index in [1.807, 2.05) is 0 Å². The molecule has 0 saturated carbocycles. The molecule has 1 unspecified atom stereocenters. The topological polar surface area (TPSA) is 97.7 Å². The minimum Gasteiger partial charge on any atom is -0.480 e. The molecule has 0 amide bonds. The molecule has 0 aliphatic rings. The monoisotopic (exact) mass is 327 g/mol. The lowest BCUT2D eigenvalue weighted by atomic mass is 10.2. The molecule has 2 rings (SSSR count).